The summed E-state index contributed by atoms with van der Waals surface area (Å²) in [5.41, 5.74) is 11.7. The van der Waals surface area contributed by atoms with Crippen LogP contribution in [-0.2, 0) is 17.6 Å². The van der Waals surface area contributed by atoms with Crippen LogP contribution in [0.15, 0.2) is 66.9 Å². The standard InChI is InChI=1S/C37H41N5O/c43-36(33-9-5-19-39-33)41-27-7-3-6-26(20-27)29-15-14-28(30-21-37(22-31(29)30)16-1-2-17-37)24-10-12-25(13-11-24)34-23-40-35(42-34)32-8-4-18-38-32/h3,6-7,10-15,20,23,32-33,38-39H,1-2,4-5,8-9,16-19,21-22H2,(H,40,42)(H,41,43). The molecular weight excluding hydrogens is 530 g/mol. The Morgan fingerprint density at radius 1 is 0.791 bits per heavy atom. The van der Waals surface area contributed by atoms with Crippen molar-refractivity contribution >= 4 is 11.6 Å². The summed E-state index contributed by atoms with van der Waals surface area (Å²) in [4.78, 5) is 21.1. The first-order chi connectivity index (χ1) is 21.1. The largest absolute Gasteiger partial charge is 0.341 e. The molecule has 2 aliphatic heterocycles. The van der Waals surface area contributed by atoms with Gasteiger partial charge in [0.05, 0.1) is 24.0 Å². The summed E-state index contributed by atoms with van der Waals surface area (Å²) in [5.74, 6) is 1.12. The van der Waals surface area contributed by atoms with E-state index < -0.39 is 0 Å². The maximum absolute atomic E-state index is 12.8. The Kier molecular flexibility index (Phi) is 6.92. The van der Waals surface area contributed by atoms with Crippen LogP contribution in [0.3, 0.4) is 0 Å². The van der Waals surface area contributed by atoms with Gasteiger partial charge in [-0.15, -0.1) is 0 Å². The molecule has 0 bridgehead atoms. The van der Waals surface area contributed by atoms with E-state index in [-0.39, 0.29) is 11.9 Å². The number of nitrogens with one attached hydrogen (secondary N) is 4. The summed E-state index contributed by atoms with van der Waals surface area (Å²) in [6.45, 7) is 1.99. The molecule has 1 saturated carbocycles. The molecule has 2 aliphatic carbocycles. The summed E-state index contributed by atoms with van der Waals surface area (Å²) in [6, 6.07) is 22.4. The zero-order chi connectivity index (χ0) is 28.8. The van der Waals surface area contributed by atoms with Crippen molar-refractivity contribution in [1.29, 1.82) is 0 Å². The number of nitrogens with zero attached hydrogens (tertiary/aromatic N) is 1. The number of amides is 1. The number of benzene rings is 3. The van der Waals surface area contributed by atoms with E-state index in [0.29, 0.717) is 11.5 Å². The number of anilines is 1. The highest BCUT2D eigenvalue weighted by molar-refractivity contribution is 5.95. The molecule has 4 aliphatic rings. The van der Waals surface area contributed by atoms with Crippen LogP contribution in [-0.4, -0.2) is 35.0 Å². The van der Waals surface area contributed by atoms with Crippen LogP contribution in [0.2, 0.25) is 0 Å². The molecule has 220 valence electrons. The molecule has 1 aromatic heterocycles. The summed E-state index contributed by atoms with van der Waals surface area (Å²) < 4.78 is 0. The van der Waals surface area contributed by atoms with Crippen LogP contribution in [0.25, 0.3) is 33.5 Å². The molecule has 3 aromatic carbocycles. The molecule has 1 spiro atoms. The summed E-state index contributed by atoms with van der Waals surface area (Å²) in [7, 11) is 0. The van der Waals surface area contributed by atoms with Gasteiger partial charge >= 0.3 is 0 Å². The lowest BCUT2D eigenvalue weighted by atomic mass is 9.82. The van der Waals surface area contributed by atoms with Gasteiger partial charge in [-0.1, -0.05) is 61.4 Å². The molecular formula is C37H41N5O. The number of hydrogen-bond acceptors (Lipinski definition) is 4. The van der Waals surface area contributed by atoms with E-state index >= 15 is 0 Å². The molecule has 0 radical (unpaired) electrons. The average molecular weight is 572 g/mol. The lowest BCUT2D eigenvalue weighted by Gasteiger charge is -2.22. The van der Waals surface area contributed by atoms with Gasteiger partial charge in [0.25, 0.3) is 0 Å². The van der Waals surface area contributed by atoms with Gasteiger partial charge in [0.2, 0.25) is 5.91 Å². The number of H-pyrrole nitrogens is 1. The highest BCUT2D eigenvalue weighted by Gasteiger charge is 2.41. The molecule has 8 rings (SSSR count). The first-order valence-corrected chi connectivity index (χ1v) is 16.3. The number of carbonyl (C=O) groups excluding carboxylic acids is 1. The predicted molar refractivity (Wildman–Crippen MR) is 173 cm³/mol. The monoisotopic (exact) mass is 571 g/mol. The third-order valence-corrected chi connectivity index (χ3v) is 10.5. The van der Waals surface area contributed by atoms with E-state index in [1.54, 1.807) is 0 Å². The highest BCUT2D eigenvalue weighted by Crippen LogP contribution is 2.53. The molecule has 2 atom stereocenters. The minimum absolute atomic E-state index is 0.0742. The van der Waals surface area contributed by atoms with E-state index in [0.717, 1.165) is 62.4 Å². The Balaban J connectivity index is 1.10. The second kappa shape index (κ2) is 11.1. The molecule has 4 aromatic rings. The highest BCUT2D eigenvalue weighted by atomic mass is 16.2. The van der Waals surface area contributed by atoms with Crippen molar-refractivity contribution in [1.82, 2.24) is 20.6 Å². The van der Waals surface area contributed by atoms with Crippen LogP contribution >= 0.6 is 0 Å². The summed E-state index contributed by atoms with van der Waals surface area (Å²) in [5, 5.41) is 10.0. The van der Waals surface area contributed by atoms with E-state index in [1.165, 1.54) is 71.0 Å². The topological polar surface area (TPSA) is 81.8 Å². The van der Waals surface area contributed by atoms with Crippen molar-refractivity contribution in [3.63, 3.8) is 0 Å². The van der Waals surface area contributed by atoms with E-state index in [2.05, 4.69) is 80.5 Å². The summed E-state index contributed by atoms with van der Waals surface area (Å²) >= 11 is 0. The zero-order valence-corrected chi connectivity index (χ0v) is 24.8. The Morgan fingerprint density at radius 2 is 1.51 bits per heavy atom. The lowest BCUT2D eigenvalue weighted by molar-refractivity contribution is -0.117. The molecule has 2 saturated heterocycles. The fraction of sp³-hybridized carbons (Fsp3) is 0.405. The zero-order valence-electron chi connectivity index (χ0n) is 24.8. The summed E-state index contributed by atoms with van der Waals surface area (Å²) in [6.07, 6.45) is 13.9. The first kappa shape index (κ1) is 26.9. The lowest BCUT2D eigenvalue weighted by Crippen LogP contribution is -2.35. The molecule has 4 N–H and O–H groups in total. The van der Waals surface area contributed by atoms with E-state index in [1.807, 2.05) is 12.3 Å². The fourth-order valence-corrected chi connectivity index (χ4v) is 8.24. The maximum atomic E-state index is 12.8. The molecule has 6 heteroatoms. The number of aromatic nitrogens is 2. The number of imidazole rings is 1. The Morgan fingerprint density at radius 3 is 2.23 bits per heavy atom. The minimum atomic E-state index is -0.0829. The second-order valence-corrected chi connectivity index (χ2v) is 13.3. The molecule has 2 unspecified atom stereocenters. The number of carbonyl (C=O) groups is 1. The predicted octanol–water partition coefficient (Wildman–Crippen LogP) is 7.18. The number of rotatable bonds is 6. The van der Waals surface area contributed by atoms with Crippen LogP contribution in [0.4, 0.5) is 5.69 Å². The van der Waals surface area contributed by atoms with Crippen LogP contribution < -0.4 is 16.0 Å². The molecule has 43 heavy (non-hydrogen) atoms. The number of aromatic amines is 1. The Hall–Kier alpha value is -3.74. The van der Waals surface area contributed by atoms with Gasteiger partial charge in [0.1, 0.15) is 5.82 Å². The maximum Gasteiger partial charge on any atom is 0.241 e. The van der Waals surface area contributed by atoms with Gasteiger partial charge in [0, 0.05) is 5.69 Å². The van der Waals surface area contributed by atoms with Crippen molar-refractivity contribution in [3.05, 3.63) is 83.8 Å². The molecule has 6 nitrogen and oxygen atoms in total. The fourth-order valence-electron chi connectivity index (χ4n) is 8.24. The minimum Gasteiger partial charge on any atom is -0.341 e. The van der Waals surface area contributed by atoms with Crippen molar-refractivity contribution < 1.29 is 4.79 Å². The molecule has 1 amide bonds. The van der Waals surface area contributed by atoms with Gasteiger partial charge in [-0.05, 0) is 121 Å². The van der Waals surface area contributed by atoms with E-state index in [4.69, 9.17) is 0 Å². The Bertz CT molecular complexity index is 1640. The van der Waals surface area contributed by atoms with Gasteiger partial charge in [-0.3, -0.25) is 4.79 Å². The van der Waals surface area contributed by atoms with Crippen LogP contribution in [0, 0.1) is 5.41 Å². The van der Waals surface area contributed by atoms with Crippen molar-refractivity contribution in [2.24, 2.45) is 5.41 Å². The number of fused-ring (bicyclic) bond motifs is 1. The SMILES string of the molecule is O=C(Nc1cccc(-c2ccc(-c3ccc(-c4cnc(C5CCCN5)[nH]4)cc3)c3c2CC2(CCCC2)C3)c1)C1CCCN1. The average Bonchev–Trinajstić information content (AvgIpc) is 3.88. The molecule has 3 heterocycles. The van der Waals surface area contributed by atoms with Crippen molar-refractivity contribution in [2.45, 2.75) is 76.3 Å². The second-order valence-electron chi connectivity index (χ2n) is 13.3. The van der Waals surface area contributed by atoms with Gasteiger partial charge in [-0.25, -0.2) is 4.98 Å². The smallest absolute Gasteiger partial charge is 0.241 e. The van der Waals surface area contributed by atoms with Crippen molar-refractivity contribution in [3.8, 4) is 33.5 Å². The molecule has 3 fully saturated rings. The van der Waals surface area contributed by atoms with Gasteiger partial charge in [0.15, 0.2) is 0 Å². The van der Waals surface area contributed by atoms with Crippen molar-refractivity contribution in [2.75, 3.05) is 18.4 Å². The van der Waals surface area contributed by atoms with E-state index in [9.17, 15) is 4.79 Å². The quantitative estimate of drug-likeness (QED) is 0.198. The van der Waals surface area contributed by atoms with Crippen LogP contribution in [0.1, 0.15) is 74.4 Å². The van der Waals surface area contributed by atoms with Gasteiger partial charge < -0.3 is 20.9 Å². The van der Waals surface area contributed by atoms with Crippen LogP contribution in [0.5, 0.6) is 0 Å². The van der Waals surface area contributed by atoms with Gasteiger partial charge in [-0.2, -0.15) is 0 Å². The normalized spacial score (nSPS) is 22.3. The Labute approximate surface area is 254 Å². The first-order valence-electron chi connectivity index (χ1n) is 16.3. The third-order valence-electron chi connectivity index (χ3n) is 10.5. The third kappa shape index (κ3) is 5.11. The number of hydrogen-bond donors (Lipinski definition) is 4.